The molecule has 0 saturated carbocycles. The zero-order chi connectivity index (χ0) is 18.6. The van der Waals surface area contributed by atoms with Gasteiger partial charge in [0.05, 0.1) is 23.5 Å². The third kappa shape index (κ3) is 3.88. The molecule has 2 aromatic heterocycles. The molecule has 0 aliphatic carbocycles. The van der Waals surface area contributed by atoms with E-state index in [4.69, 9.17) is 0 Å². The van der Waals surface area contributed by atoms with E-state index in [9.17, 15) is 9.59 Å². The van der Waals surface area contributed by atoms with E-state index in [1.54, 1.807) is 17.3 Å². The van der Waals surface area contributed by atoms with Crippen molar-refractivity contribution in [2.75, 3.05) is 16.8 Å². The van der Waals surface area contributed by atoms with E-state index in [0.29, 0.717) is 24.3 Å². The first kappa shape index (κ1) is 17.4. The summed E-state index contributed by atoms with van der Waals surface area (Å²) in [4.78, 5) is 34.9. The summed E-state index contributed by atoms with van der Waals surface area (Å²) in [7, 11) is 0. The van der Waals surface area contributed by atoms with Crippen molar-refractivity contribution in [2.24, 2.45) is 0 Å². The average Bonchev–Trinajstić information content (AvgIpc) is 3.32. The normalized spacial score (nSPS) is 13.8. The number of para-hydroxylation sites is 2. The maximum atomic E-state index is 12.5. The molecule has 1 fully saturated rings. The molecule has 6 nitrogen and oxygen atoms in total. The van der Waals surface area contributed by atoms with Crippen LogP contribution in [0.5, 0.6) is 0 Å². The monoisotopic (exact) mass is 378 g/mol. The molecule has 3 aromatic rings. The second kappa shape index (κ2) is 7.67. The maximum absolute atomic E-state index is 12.5. The van der Waals surface area contributed by atoms with E-state index in [1.165, 1.54) is 11.3 Å². The van der Waals surface area contributed by atoms with E-state index >= 15 is 0 Å². The van der Waals surface area contributed by atoms with Gasteiger partial charge in [0.15, 0.2) is 0 Å². The summed E-state index contributed by atoms with van der Waals surface area (Å²) in [5.41, 5.74) is 3.06. The zero-order valence-corrected chi connectivity index (χ0v) is 15.4. The molecule has 1 aliphatic heterocycles. The van der Waals surface area contributed by atoms with E-state index in [2.05, 4.69) is 15.3 Å². The van der Waals surface area contributed by atoms with Gasteiger partial charge in [0.1, 0.15) is 5.01 Å². The SMILES string of the molecule is O=C(Cc1csc(-c2cccnc2)n1)Nc1ccccc1N1CCCC1=O. The fourth-order valence-electron chi connectivity index (χ4n) is 3.09. The summed E-state index contributed by atoms with van der Waals surface area (Å²) in [6, 6.07) is 11.2. The van der Waals surface area contributed by atoms with Crippen LogP contribution in [-0.4, -0.2) is 28.3 Å². The number of thiazole rings is 1. The molecule has 0 unspecified atom stereocenters. The van der Waals surface area contributed by atoms with Crippen molar-refractivity contribution in [3.8, 4) is 10.6 Å². The van der Waals surface area contributed by atoms with E-state index in [1.807, 2.05) is 41.8 Å². The highest BCUT2D eigenvalue weighted by molar-refractivity contribution is 7.13. The number of carbonyl (C=O) groups excluding carboxylic acids is 2. The summed E-state index contributed by atoms with van der Waals surface area (Å²) >= 11 is 1.49. The lowest BCUT2D eigenvalue weighted by Crippen LogP contribution is -2.26. The lowest BCUT2D eigenvalue weighted by Gasteiger charge is -2.19. The van der Waals surface area contributed by atoms with Gasteiger partial charge in [0, 0.05) is 36.3 Å². The number of pyridine rings is 1. The number of nitrogens with zero attached hydrogens (tertiary/aromatic N) is 3. The van der Waals surface area contributed by atoms with Crippen LogP contribution < -0.4 is 10.2 Å². The quantitative estimate of drug-likeness (QED) is 0.737. The molecule has 0 atom stereocenters. The summed E-state index contributed by atoms with van der Waals surface area (Å²) in [5.74, 6) is -0.0607. The first-order valence-electron chi connectivity index (χ1n) is 8.75. The number of hydrogen-bond donors (Lipinski definition) is 1. The van der Waals surface area contributed by atoms with E-state index < -0.39 is 0 Å². The molecule has 1 aliphatic rings. The minimum Gasteiger partial charge on any atom is -0.324 e. The lowest BCUT2D eigenvalue weighted by atomic mass is 10.2. The Morgan fingerprint density at radius 3 is 2.89 bits per heavy atom. The highest BCUT2D eigenvalue weighted by atomic mass is 32.1. The number of rotatable bonds is 5. The van der Waals surface area contributed by atoms with Crippen LogP contribution in [0.2, 0.25) is 0 Å². The van der Waals surface area contributed by atoms with Crippen LogP contribution in [0.1, 0.15) is 18.5 Å². The predicted octanol–water partition coefficient (Wildman–Crippen LogP) is 3.51. The second-order valence-electron chi connectivity index (χ2n) is 6.28. The van der Waals surface area contributed by atoms with Crippen molar-refractivity contribution in [1.82, 2.24) is 9.97 Å². The van der Waals surface area contributed by atoms with Gasteiger partial charge in [-0.15, -0.1) is 11.3 Å². The molecule has 136 valence electrons. The molecule has 0 bridgehead atoms. The minimum absolute atomic E-state index is 0.0947. The van der Waals surface area contributed by atoms with Crippen LogP contribution in [0, 0.1) is 0 Å². The van der Waals surface area contributed by atoms with Gasteiger partial charge in [-0.05, 0) is 30.7 Å². The molecule has 0 spiro atoms. The molecular formula is C20H18N4O2S. The maximum Gasteiger partial charge on any atom is 0.230 e. The Bertz CT molecular complexity index is 971. The largest absolute Gasteiger partial charge is 0.324 e. The fourth-order valence-corrected chi connectivity index (χ4v) is 3.90. The Kier molecular flexibility index (Phi) is 4.93. The summed E-state index contributed by atoms with van der Waals surface area (Å²) < 4.78 is 0. The van der Waals surface area contributed by atoms with Crippen molar-refractivity contribution >= 4 is 34.5 Å². The molecule has 1 N–H and O–H groups in total. The Labute approximate surface area is 160 Å². The van der Waals surface area contributed by atoms with Gasteiger partial charge in [0.2, 0.25) is 11.8 Å². The third-order valence-electron chi connectivity index (χ3n) is 4.34. The van der Waals surface area contributed by atoms with Gasteiger partial charge in [-0.3, -0.25) is 14.6 Å². The van der Waals surface area contributed by atoms with Gasteiger partial charge in [-0.25, -0.2) is 4.98 Å². The van der Waals surface area contributed by atoms with Crippen molar-refractivity contribution in [2.45, 2.75) is 19.3 Å². The van der Waals surface area contributed by atoms with E-state index in [0.717, 1.165) is 22.7 Å². The van der Waals surface area contributed by atoms with Gasteiger partial charge in [-0.2, -0.15) is 0 Å². The summed E-state index contributed by atoms with van der Waals surface area (Å²) in [6.45, 7) is 0.687. The van der Waals surface area contributed by atoms with Crippen LogP contribution in [0.4, 0.5) is 11.4 Å². The van der Waals surface area contributed by atoms with Crippen LogP contribution in [-0.2, 0) is 16.0 Å². The molecule has 0 radical (unpaired) electrons. The van der Waals surface area contributed by atoms with Gasteiger partial charge in [-0.1, -0.05) is 12.1 Å². The number of anilines is 2. The zero-order valence-electron chi connectivity index (χ0n) is 14.6. The van der Waals surface area contributed by atoms with Crippen LogP contribution in [0.15, 0.2) is 54.2 Å². The molecule has 2 amide bonds. The third-order valence-corrected chi connectivity index (χ3v) is 5.28. The van der Waals surface area contributed by atoms with Crippen molar-refractivity contribution in [3.05, 3.63) is 59.9 Å². The smallest absolute Gasteiger partial charge is 0.230 e. The first-order chi connectivity index (χ1) is 13.2. The van der Waals surface area contributed by atoms with Crippen molar-refractivity contribution in [3.63, 3.8) is 0 Å². The first-order valence-corrected chi connectivity index (χ1v) is 9.63. The average molecular weight is 378 g/mol. The summed E-state index contributed by atoms with van der Waals surface area (Å²) in [6.07, 6.45) is 5.05. The minimum atomic E-state index is -0.155. The Balaban J connectivity index is 1.46. The van der Waals surface area contributed by atoms with Crippen LogP contribution in [0.3, 0.4) is 0 Å². The summed E-state index contributed by atoms with van der Waals surface area (Å²) in [5, 5.41) is 5.65. The molecule has 7 heteroatoms. The number of carbonyl (C=O) groups is 2. The highest BCUT2D eigenvalue weighted by Gasteiger charge is 2.24. The van der Waals surface area contributed by atoms with Crippen LogP contribution in [0.25, 0.3) is 10.6 Å². The molecule has 3 heterocycles. The van der Waals surface area contributed by atoms with Gasteiger partial charge in [0.25, 0.3) is 0 Å². The predicted molar refractivity (Wildman–Crippen MR) is 106 cm³/mol. The fraction of sp³-hybridized carbons (Fsp3) is 0.200. The number of amides is 2. The standard InChI is InChI=1S/C20H18N4O2S/c25-18(11-15-13-27-20(22-15)14-5-3-9-21-12-14)23-16-6-1-2-7-17(16)24-10-4-8-19(24)26/h1-3,5-7,9,12-13H,4,8,10-11H2,(H,23,25). The Morgan fingerprint density at radius 1 is 1.22 bits per heavy atom. The number of aromatic nitrogens is 2. The van der Waals surface area contributed by atoms with Gasteiger partial charge >= 0.3 is 0 Å². The van der Waals surface area contributed by atoms with Gasteiger partial charge < -0.3 is 10.2 Å². The number of nitrogens with one attached hydrogen (secondary N) is 1. The van der Waals surface area contributed by atoms with E-state index in [-0.39, 0.29) is 18.2 Å². The molecule has 27 heavy (non-hydrogen) atoms. The number of benzene rings is 1. The molecular weight excluding hydrogens is 360 g/mol. The number of hydrogen-bond acceptors (Lipinski definition) is 5. The lowest BCUT2D eigenvalue weighted by molar-refractivity contribution is -0.117. The van der Waals surface area contributed by atoms with Crippen molar-refractivity contribution < 1.29 is 9.59 Å². The highest BCUT2D eigenvalue weighted by Crippen LogP contribution is 2.29. The molecule has 1 aromatic carbocycles. The molecule has 1 saturated heterocycles. The molecule has 4 rings (SSSR count). The Morgan fingerprint density at radius 2 is 2.11 bits per heavy atom. The topological polar surface area (TPSA) is 75.2 Å². The Hall–Kier alpha value is -3.06. The second-order valence-corrected chi connectivity index (χ2v) is 7.13. The van der Waals surface area contributed by atoms with Crippen molar-refractivity contribution in [1.29, 1.82) is 0 Å². The van der Waals surface area contributed by atoms with Crippen LogP contribution >= 0.6 is 11.3 Å².